The van der Waals surface area contributed by atoms with Gasteiger partial charge in [0.1, 0.15) is 5.02 Å². The van der Waals surface area contributed by atoms with Crippen molar-refractivity contribution < 1.29 is 4.74 Å². The summed E-state index contributed by atoms with van der Waals surface area (Å²) in [6, 6.07) is 2.43. The summed E-state index contributed by atoms with van der Waals surface area (Å²) in [5.74, 6) is 0.922. The van der Waals surface area contributed by atoms with Gasteiger partial charge in [-0.1, -0.05) is 11.6 Å². The lowest BCUT2D eigenvalue weighted by Gasteiger charge is -2.19. The first-order valence-corrected chi connectivity index (χ1v) is 7.15. The Morgan fingerprint density at radius 2 is 2.39 bits per heavy atom. The molecule has 1 aliphatic rings. The first-order valence-electron chi connectivity index (χ1n) is 6.24. The lowest BCUT2D eigenvalue weighted by Crippen LogP contribution is -2.26. The van der Waals surface area contributed by atoms with Crippen molar-refractivity contribution in [1.29, 1.82) is 0 Å². The second kappa shape index (κ2) is 6.60. The van der Waals surface area contributed by atoms with Crippen molar-refractivity contribution in [2.24, 2.45) is 0 Å². The highest BCUT2D eigenvalue weighted by atomic mass is 35.5. The standard InChI is InChI=1S/C13H18Cl2N2O/c1-17-5-2-3-11(17)4-6-18-13-12(15)7-10(8-14)9-16-13/h7,9,11H,2-6,8H2,1H3. The minimum absolute atomic E-state index is 0.417. The third kappa shape index (κ3) is 3.50. The molecule has 2 rings (SSSR count). The zero-order chi connectivity index (χ0) is 13.0. The summed E-state index contributed by atoms with van der Waals surface area (Å²) in [4.78, 5) is 6.56. The number of pyridine rings is 1. The molecule has 2 heterocycles. The molecule has 1 aromatic rings. The molecule has 3 nitrogen and oxygen atoms in total. The fourth-order valence-electron chi connectivity index (χ4n) is 2.28. The molecule has 100 valence electrons. The maximum Gasteiger partial charge on any atom is 0.232 e. The van der Waals surface area contributed by atoms with Crippen LogP contribution in [0.25, 0.3) is 0 Å². The predicted octanol–water partition coefficient (Wildman–Crippen LogP) is 3.34. The minimum atomic E-state index is 0.417. The van der Waals surface area contributed by atoms with Gasteiger partial charge in [-0.25, -0.2) is 4.98 Å². The fraction of sp³-hybridized carbons (Fsp3) is 0.615. The number of rotatable bonds is 5. The molecule has 0 amide bonds. The Morgan fingerprint density at radius 3 is 3.00 bits per heavy atom. The van der Waals surface area contributed by atoms with Gasteiger partial charge in [0.25, 0.3) is 0 Å². The summed E-state index contributed by atoms with van der Waals surface area (Å²) in [5, 5.41) is 0.535. The van der Waals surface area contributed by atoms with Crippen LogP contribution in [0.5, 0.6) is 5.88 Å². The van der Waals surface area contributed by atoms with Crippen LogP contribution < -0.4 is 4.74 Å². The van der Waals surface area contributed by atoms with Crippen molar-refractivity contribution >= 4 is 23.2 Å². The predicted molar refractivity (Wildman–Crippen MR) is 74.6 cm³/mol. The Hall–Kier alpha value is -0.510. The molecule has 1 aliphatic heterocycles. The average Bonchev–Trinajstić information content (AvgIpc) is 2.77. The molecule has 0 N–H and O–H groups in total. The zero-order valence-corrected chi connectivity index (χ0v) is 12.0. The third-order valence-electron chi connectivity index (χ3n) is 3.38. The van der Waals surface area contributed by atoms with Crippen LogP contribution in [0.2, 0.25) is 5.02 Å². The van der Waals surface area contributed by atoms with E-state index in [9.17, 15) is 0 Å². The van der Waals surface area contributed by atoms with Gasteiger partial charge in [0, 0.05) is 18.1 Å². The van der Waals surface area contributed by atoms with Crippen molar-refractivity contribution in [3.05, 3.63) is 22.8 Å². The third-order valence-corrected chi connectivity index (χ3v) is 3.96. The average molecular weight is 289 g/mol. The van der Waals surface area contributed by atoms with E-state index in [1.54, 1.807) is 12.3 Å². The van der Waals surface area contributed by atoms with E-state index in [4.69, 9.17) is 27.9 Å². The van der Waals surface area contributed by atoms with E-state index in [0.717, 1.165) is 12.0 Å². The van der Waals surface area contributed by atoms with E-state index in [0.29, 0.717) is 29.4 Å². The van der Waals surface area contributed by atoms with Crippen molar-refractivity contribution in [3.63, 3.8) is 0 Å². The largest absolute Gasteiger partial charge is 0.477 e. The van der Waals surface area contributed by atoms with Crippen molar-refractivity contribution in [2.75, 3.05) is 20.2 Å². The molecule has 0 bridgehead atoms. The molecule has 5 heteroatoms. The fourth-order valence-corrected chi connectivity index (χ4v) is 2.67. The van der Waals surface area contributed by atoms with E-state index in [1.807, 2.05) is 0 Å². The van der Waals surface area contributed by atoms with Crippen molar-refractivity contribution in [1.82, 2.24) is 9.88 Å². The van der Waals surface area contributed by atoms with Crippen LogP contribution in [0.15, 0.2) is 12.3 Å². The van der Waals surface area contributed by atoms with Crippen LogP contribution in [0.4, 0.5) is 0 Å². The van der Waals surface area contributed by atoms with Crippen LogP contribution in [0.3, 0.4) is 0 Å². The number of nitrogens with zero attached hydrogens (tertiary/aromatic N) is 2. The van der Waals surface area contributed by atoms with E-state index < -0.39 is 0 Å². The van der Waals surface area contributed by atoms with Crippen molar-refractivity contribution in [3.8, 4) is 5.88 Å². The van der Waals surface area contributed by atoms with E-state index in [1.165, 1.54) is 19.4 Å². The lowest BCUT2D eigenvalue weighted by molar-refractivity contribution is 0.228. The van der Waals surface area contributed by atoms with Gasteiger partial charge in [-0.3, -0.25) is 0 Å². The summed E-state index contributed by atoms with van der Waals surface area (Å²) < 4.78 is 5.63. The second-order valence-corrected chi connectivity index (χ2v) is 5.35. The zero-order valence-electron chi connectivity index (χ0n) is 10.5. The number of likely N-dealkylation sites (tertiary alicyclic amines) is 1. The van der Waals surface area contributed by atoms with Gasteiger partial charge in [-0.2, -0.15) is 0 Å². The van der Waals surface area contributed by atoms with Crippen LogP contribution in [0, 0.1) is 0 Å². The minimum Gasteiger partial charge on any atom is -0.477 e. The topological polar surface area (TPSA) is 25.4 Å². The van der Waals surface area contributed by atoms with Gasteiger partial charge in [-0.05, 0) is 44.5 Å². The number of aromatic nitrogens is 1. The summed E-state index contributed by atoms with van der Waals surface area (Å²) in [5.41, 5.74) is 0.907. The summed E-state index contributed by atoms with van der Waals surface area (Å²) in [6.45, 7) is 1.84. The Balaban J connectivity index is 1.83. The molecule has 1 unspecified atom stereocenters. The van der Waals surface area contributed by atoms with Crippen LogP contribution in [-0.2, 0) is 5.88 Å². The quantitative estimate of drug-likeness (QED) is 0.777. The highest BCUT2D eigenvalue weighted by Gasteiger charge is 2.20. The van der Waals surface area contributed by atoms with Gasteiger partial charge in [0.15, 0.2) is 0 Å². The Morgan fingerprint density at radius 1 is 1.56 bits per heavy atom. The molecule has 0 spiro atoms. The van der Waals surface area contributed by atoms with Crippen molar-refractivity contribution in [2.45, 2.75) is 31.2 Å². The molecule has 1 aromatic heterocycles. The van der Waals surface area contributed by atoms with E-state index in [-0.39, 0.29) is 0 Å². The molecular formula is C13H18Cl2N2O. The van der Waals surface area contributed by atoms with E-state index >= 15 is 0 Å². The Bertz CT molecular complexity index is 401. The number of ether oxygens (including phenoxy) is 1. The van der Waals surface area contributed by atoms with Gasteiger partial charge >= 0.3 is 0 Å². The summed E-state index contributed by atoms with van der Waals surface area (Å²) >= 11 is 11.8. The SMILES string of the molecule is CN1CCCC1CCOc1ncc(CCl)cc1Cl. The van der Waals surface area contributed by atoms with Crippen LogP contribution >= 0.6 is 23.2 Å². The van der Waals surface area contributed by atoms with E-state index in [2.05, 4.69) is 16.9 Å². The first kappa shape index (κ1) is 13.9. The van der Waals surface area contributed by atoms with Crippen LogP contribution in [0.1, 0.15) is 24.8 Å². The molecule has 18 heavy (non-hydrogen) atoms. The number of hydrogen-bond acceptors (Lipinski definition) is 3. The maximum absolute atomic E-state index is 6.08. The summed E-state index contributed by atoms with van der Waals surface area (Å²) in [6.07, 6.45) is 5.26. The molecule has 0 aromatic carbocycles. The van der Waals surface area contributed by atoms with Gasteiger partial charge in [-0.15, -0.1) is 11.6 Å². The highest BCUT2D eigenvalue weighted by molar-refractivity contribution is 6.32. The number of alkyl halides is 1. The van der Waals surface area contributed by atoms with Gasteiger partial charge < -0.3 is 9.64 Å². The van der Waals surface area contributed by atoms with Crippen LogP contribution in [-0.4, -0.2) is 36.1 Å². The molecule has 0 radical (unpaired) electrons. The lowest BCUT2D eigenvalue weighted by atomic mass is 10.1. The molecular weight excluding hydrogens is 271 g/mol. The monoisotopic (exact) mass is 288 g/mol. The second-order valence-electron chi connectivity index (χ2n) is 4.68. The molecule has 1 saturated heterocycles. The molecule has 0 aliphatic carbocycles. The first-order chi connectivity index (χ1) is 8.70. The maximum atomic E-state index is 6.08. The Labute approximate surface area is 118 Å². The molecule has 1 atom stereocenters. The summed E-state index contributed by atoms with van der Waals surface area (Å²) in [7, 11) is 2.16. The molecule has 0 saturated carbocycles. The van der Waals surface area contributed by atoms with Gasteiger partial charge in [0.05, 0.1) is 6.61 Å². The number of halogens is 2. The normalized spacial score (nSPS) is 20.3. The van der Waals surface area contributed by atoms with Gasteiger partial charge in [0.2, 0.25) is 5.88 Å². The smallest absolute Gasteiger partial charge is 0.232 e. The highest BCUT2D eigenvalue weighted by Crippen LogP contribution is 2.24. The number of hydrogen-bond donors (Lipinski definition) is 0. The Kier molecular flexibility index (Phi) is 5.10. The molecule has 1 fully saturated rings.